The third-order valence-corrected chi connectivity index (χ3v) is 6.19. The van der Waals surface area contributed by atoms with Crippen LogP contribution in [0.1, 0.15) is 24.5 Å². The summed E-state index contributed by atoms with van der Waals surface area (Å²) >= 11 is 1.34. The average molecular weight is 447 g/mol. The molecule has 0 aliphatic carbocycles. The van der Waals surface area contributed by atoms with Gasteiger partial charge in [-0.2, -0.15) is 0 Å². The SMILES string of the molecule is CCCOc1ccc(Cn2c(=O)c3sccc3n3c(=O)n(Cc4ccccc4)nc23)cc1. The molecule has 0 fully saturated rings. The minimum atomic E-state index is -0.260. The third-order valence-electron chi connectivity index (χ3n) is 5.30. The Morgan fingerprint density at radius 1 is 0.938 bits per heavy atom. The molecule has 0 saturated heterocycles. The van der Waals surface area contributed by atoms with Gasteiger partial charge in [-0.1, -0.05) is 49.4 Å². The molecule has 0 bridgehead atoms. The van der Waals surface area contributed by atoms with E-state index < -0.39 is 0 Å². The summed E-state index contributed by atoms with van der Waals surface area (Å²) in [5.74, 6) is 1.14. The highest BCUT2D eigenvalue weighted by Crippen LogP contribution is 2.19. The first-order chi connectivity index (χ1) is 15.7. The molecule has 32 heavy (non-hydrogen) atoms. The number of aromatic nitrogens is 4. The summed E-state index contributed by atoms with van der Waals surface area (Å²) in [4.78, 5) is 26.5. The van der Waals surface area contributed by atoms with Crippen LogP contribution in [0.5, 0.6) is 5.75 Å². The van der Waals surface area contributed by atoms with Gasteiger partial charge in [-0.05, 0) is 41.1 Å². The van der Waals surface area contributed by atoms with Gasteiger partial charge in [0.2, 0.25) is 5.78 Å². The lowest BCUT2D eigenvalue weighted by molar-refractivity contribution is 0.317. The van der Waals surface area contributed by atoms with Gasteiger partial charge in [-0.15, -0.1) is 16.4 Å². The summed E-state index contributed by atoms with van der Waals surface area (Å²) in [6.07, 6.45) is 0.941. The second-order valence-corrected chi connectivity index (χ2v) is 8.50. The lowest BCUT2D eigenvalue weighted by atomic mass is 10.2. The molecule has 0 aliphatic heterocycles. The van der Waals surface area contributed by atoms with Gasteiger partial charge in [-0.3, -0.25) is 9.36 Å². The molecule has 0 saturated carbocycles. The normalized spacial score (nSPS) is 11.4. The predicted octanol–water partition coefficient (Wildman–Crippen LogP) is 3.76. The molecule has 5 rings (SSSR count). The minimum Gasteiger partial charge on any atom is -0.494 e. The second kappa shape index (κ2) is 8.47. The fourth-order valence-electron chi connectivity index (χ4n) is 3.73. The van der Waals surface area contributed by atoms with Crippen LogP contribution in [0.4, 0.5) is 0 Å². The predicted molar refractivity (Wildman–Crippen MR) is 126 cm³/mol. The van der Waals surface area contributed by atoms with Gasteiger partial charge in [0.05, 0.1) is 25.2 Å². The Balaban J connectivity index is 1.61. The van der Waals surface area contributed by atoms with Crippen molar-refractivity contribution >= 4 is 27.3 Å². The van der Waals surface area contributed by atoms with Gasteiger partial charge in [0.15, 0.2) is 0 Å². The molecule has 0 unspecified atom stereocenters. The van der Waals surface area contributed by atoms with Crippen LogP contribution in [0.15, 0.2) is 75.6 Å². The summed E-state index contributed by atoms with van der Waals surface area (Å²) in [5, 5.41) is 6.39. The highest BCUT2D eigenvalue weighted by molar-refractivity contribution is 7.17. The largest absolute Gasteiger partial charge is 0.494 e. The van der Waals surface area contributed by atoms with Crippen LogP contribution in [0.3, 0.4) is 0 Å². The van der Waals surface area contributed by atoms with Crippen LogP contribution in [-0.4, -0.2) is 25.4 Å². The zero-order valence-corrected chi connectivity index (χ0v) is 18.4. The van der Waals surface area contributed by atoms with E-state index >= 15 is 0 Å². The quantitative estimate of drug-likeness (QED) is 0.382. The van der Waals surface area contributed by atoms with E-state index in [2.05, 4.69) is 12.0 Å². The number of hydrogen-bond donors (Lipinski definition) is 0. The molecule has 0 atom stereocenters. The Labute approximate surface area is 187 Å². The maximum absolute atomic E-state index is 13.3. The zero-order chi connectivity index (χ0) is 22.1. The summed E-state index contributed by atoms with van der Waals surface area (Å²) in [5.41, 5.74) is 2.09. The molecule has 5 aromatic rings. The molecule has 0 amide bonds. The summed E-state index contributed by atoms with van der Waals surface area (Å²) in [6, 6.07) is 19.2. The van der Waals surface area contributed by atoms with Crippen LogP contribution in [0.2, 0.25) is 0 Å². The van der Waals surface area contributed by atoms with Crippen LogP contribution in [-0.2, 0) is 13.1 Å². The Morgan fingerprint density at radius 3 is 2.44 bits per heavy atom. The molecular weight excluding hydrogens is 424 g/mol. The van der Waals surface area contributed by atoms with E-state index in [0.29, 0.717) is 35.7 Å². The van der Waals surface area contributed by atoms with Crippen molar-refractivity contribution < 1.29 is 4.74 Å². The van der Waals surface area contributed by atoms with Crippen molar-refractivity contribution in [1.29, 1.82) is 0 Å². The van der Waals surface area contributed by atoms with Crippen molar-refractivity contribution in [1.82, 2.24) is 18.7 Å². The number of thiophene rings is 1. The molecule has 0 aliphatic rings. The highest BCUT2D eigenvalue weighted by atomic mass is 32.1. The summed E-state index contributed by atoms with van der Waals surface area (Å²) in [7, 11) is 0. The van der Waals surface area contributed by atoms with Gasteiger partial charge in [0, 0.05) is 0 Å². The van der Waals surface area contributed by atoms with Crippen LogP contribution >= 0.6 is 11.3 Å². The van der Waals surface area contributed by atoms with Crippen LogP contribution in [0.25, 0.3) is 16.0 Å². The van der Waals surface area contributed by atoms with Crippen molar-refractivity contribution in [2.24, 2.45) is 0 Å². The fraction of sp³-hybridized carbons (Fsp3) is 0.208. The minimum absolute atomic E-state index is 0.148. The fourth-order valence-corrected chi connectivity index (χ4v) is 4.55. The topological polar surface area (TPSA) is 70.5 Å². The van der Waals surface area contributed by atoms with Gasteiger partial charge in [0.1, 0.15) is 10.4 Å². The number of benzene rings is 2. The molecule has 0 radical (unpaired) electrons. The standard InChI is InChI=1S/C24H22N4O3S/c1-2-13-31-19-10-8-18(9-11-19)15-26-22(29)21-20(12-14-32-21)28-23(26)25-27(24(28)30)16-17-6-4-3-5-7-17/h3-12,14H,2,13,15-16H2,1H3. The van der Waals surface area contributed by atoms with Crippen molar-refractivity contribution in [3.63, 3.8) is 0 Å². The summed E-state index contributed by atoms with van der Waals surface area (Å²) in [6.45, 7) is 3.37. The number of fused-ring (bicyclic) bond motifs is 3. The second-order valence-electron chi connectivity index (χ2n) is 7.58. The molecule has 7 nitrogen and oxygen atoms in total. The van der Waals surface area contributed by atoms with Gasteiger partial charge >= 0.3 is 5.69 Å². The van der Waals surface area contributed by atoms with E-state index in [1.54, 1.807) is 10.6 Å². The van der Waals surface area contributed by atoms with Gasteiger partial charge in [-0.25, -0.2) is 13.9 Å². The first-order valence-electron chi connectivity index (χ1n) is 10.5. The Hall–Kier alpha value is -3.65. The molecule has 2 aromatic carbocycles. The molecule has 8 heteroatoms. The molecule has 3 aromatic heterocycles. The number of nitrogens with zero attached hydrogens (tertiary/aromatic N) is 4. The van der Waals surface area contributed by atoms with E-state index in [-0.39, 0.29) is 11.2 Å². The molecule has 0 spiro atoms. The monoisotopic (exact) mass is 446 g/mol. The lowest BCUT2D eigenvalue weighted by Crippen LogP contribution is -2.26. The number of hydrogen-bond acceptors (Lipinski definition) is 5. The van der Waals surface area contributed by atoms with E-state index in [9.17, 15) is 9.59 Å². The maximum atomic E-state index is 13.3. The molecule has 3 heterocycles. The van der Waals surface area contributed by atoms with Gasteiger partial charge < -0.3 is 4.74 Å². The average Bonchev–Trinajstić information content (AvgIpc) is 3.42. The Morgan fingerprint density at radius 2 is 1.69 bits per heavy atom. The molecule has 162 valence electrons. The number of ether oxygens (including phenoxy) is 1. The first-order valence-corrected chi connectivity index (χ1v) is 11.4. The van der Waals surface area contributed by atoms with Crippen molar-refractivity contribution in [3.8, 4) is 5.75 Å². The van der Waals surface area contributed by atoms with E-state index in [1.165, 1.54) is 20.4 Å². The van der Waals surface area contributed by atoms with E-state index in [4.69, 9.17) is 4.74 Å². The van der Waals surface area contributed by atoms with E-state index in [0.717, 1.165) is 23.3 Å². The third kappa shape index (κ3) is 3.62. The highest BCUT2D eigenvalue weighted by Gasteiger charge is 2.18. The molecular formula is C24H22N4O3S. The maximum Gasteiger partial charge on any atom is 0.352 e. The summed E-state index contributed by atoms with van der Waals surface area (Å²) < 4.78 is 10.7. The Bertz CT molecular complexity index is 1490. The number of rotatable bonds is 7. The van der Waals surface area contributed by atoms with Crippen molar-refractivity contribution in [3.05, 3.63) is 98.0 Å². The first kappa shape index (κ1) is 20.3. The van der Waals surface area contributed by atoms with Crippen LogP contribution < -0.4 is 16.0 Å². The Kier molecular flexibility index (Phi) is 5.36. The zero-order valence-electron chi connectivity index (χ0n) is 17.6. The smallest absolute Gasteiger partial charge is 0.352 e. The van der Waals surface area contributed by atoms with Crippen molar-refractivity contribution in [2.75, 3.05) is 6.61 Å². The van der Waals surface area contributed by atoms with Gasteiger partial charge in [0.25, 0.3) is 5.56 Å². The molecule has 0 N–H and O–H groups in total. The van der Waals surface area contributed by atoms with Crippen LogP contribution in [0, 0.1) is 0 Å². The van der Waals surface area contributed by atoms with Crippen molar-refractivity contribution in [2.45, 2.75) is 26.4 Å². The van der Waals surface area contributed by atoms with E-state index in [1.807, 2.05) is 60.0 Å². The lowest BCUT2D eigenvalue weighted by Gasteiger charge is -2.09.